The van der Waals surface area contributed by atoms with E-state index in [0.717, 1.165) is 52.1 Å². The van der Waals surface area contributed by atoms with Crippen molar-refractivity contribution in [2.24, 2.45) is 0 Å². The molecule has 4 rings (SSSR count). The predicted octanol–water partition coefficient (Wildman–Crippen LogP) is 7.23. The molecule has 0 bridgehead atoms. The van der Waals surface area contributed by atoms with Gasteiger partial charge in [0.15, 0.2) is 0 Å². The summed E-state index contributed by atoms with van der Waals surface area (Å²) >= 11 is 0. The normalized spacial score (nSPS) is 11.0. The summed E-state index contributed by atoms with van der Waals surface area (Å²) < 4.78 is 11.5. The number of hydrogen-bond donors (Lipinski definition) is 0. The smallest absolute Gasteiger partial charge is 0.120 e. The number of fused-ring (bicyclic) bond motifs is 1. The third-order valence-corrected chi connectivity index (χ3v) is 6.21. The summed E-state index contributed by atoms with van der Waals surface area (Å²) in [6, 6.07) is 21.0. The van der Waals surface area contributed by atoms with E-state index < -0.39 is 0 Å². The lowest BCUT2D eigenvalue weighted by molar-refractivity contribution is 0.304. The molecule has 0 spiro atoms. The molecule has 1 aromatic heterocycles. The molecule has 164 valence electrons. The van der Waals surface area contributed by atoms with Gasteiger partial charge in [-0.15, -0.1) is 0 Å². The number of methoxy groups -OCH3 is 1. The van der Waals surface area contributed by atoms with Crippen LogP contribution >= 0.6 is 0 Å². The lowest BCUT2D eigenvalue weighted by Gasteiger charge is -2.17. The molecule has 4 aromatic rings. The fraction of sp³-hybridized carbons (Fsp3) is 0.276. The lowest BCUT2D eigenvalue weighted by Crippen LogP contribution is -2.05. The van der Waals surface area contributed by atoms with Crippen LogP contribution in [0.3, 0.4) is 0 Å². The van der Waals surface area contributed by atoms with Gasteiger partial charge in [0, 0.05) is 16.8 Å². The Labute approximate surface area is 191 Å². The van der Waals surface area contributed by atoms with Crippen LogP contribution in [-0.2, 0) is 19.4 Å². The van der Waals surface area contributed by atoms with E-state index in [1.165, 1.54) is 22.3 Å². The van der Waals surface area contributed by atoms with Gasteiger partial charge in [0.2, 0.25) is 0 Å². The highest BCUT2D eigenvalue weighted by molar-refractivity contribution is 5.85. The van der Waals surface area contributed by atoms with Crippen molar-refractivity contribution in [1.82, 2.24) is 4.98 Å². The van der Waals surface area contributed by atoms with Crippen LogP contribution in [0.15, 0.2) is 60.7 Å². The van der Waals surface area contributed by atoms with Crippen LogP contribution in [0.25, 0.3) is 22.0 Å². The van der Waals surface area contributed by atoms with Gasteiger partial charge >= 0.3 is 0 Å². The van der Waals surface area contributed by atoms with Crippen molar-refractivity contribution in [3.63, 3.8) is 0 Å². The number of benzene rings is 3. The predicted molar refractivity (Wildman–Crippen MR) is 133 cm³/mol. The van der Waals surface area contributed by atoms with E-state index in [-0.39, 0.29) is 0 Å². The average Bonchev–Trinajstić information content (AvgIpc) is 2.82. The van der Waals surface area contributed by atoms with Gasteiger partial charge in [-0.2, -0.15) is 0 Å². The van der Waals surface area contributed by atoms with E-state index in [1.54, 1.807) is 7.11 Å². The van der Waals surface area contributed by atoms with Gasteiger partial charge in [-0.05, 0) is 84.5 Å². The van der Waals surface area contributed by atoms with Crippen LogP contribution in [0, 0.1) is 13.8 Å². The standard InChI is InChI=1S/C29H31NO2/c1-6-21-9-8-10-22(7-2)29(21)28-15-19(3)27(20(4)30-28)18-32-26-14-12-23-11-13-25(31-5)16-24(23)17-26/h8-17H,6-7,18H2,1-5H3. The van der Waals surface area contributed by atoms with Gasteiger partial charge < -0.3 is 9.47 Å². The number of rotatable bonds is 7. The number of ether oxygens (including phenoxy) is 2. The molecule has 0 unspecified atom stereocenters. The summed E-state index contributed by atoms with van der Waals surface area (Å²) in [6.45, 7) is 9.15. The number of aromatic nitrogens is 1. The van der Waals surface area contributed by atoms with Crippen LogP contribution < -0.4 is 9.47 Å². The molecule has 3 aromatic carbocycles. The Bertz CT molecular complexity index is 1210. The Morgan fingerprint density at radius 1 is 0.781 bits per heavy atom. The quantitative estimate of drug-likeness (QED) is 0.313. The molecule has 0 atom stereocenters. The molecule has 0 fully saturated rings. The first-order chi connectivity index (χ1) is 15.5. The van der Waals surface area contributed by atoms with E-state index >= 15 is 0 Å². The van der Waals surface area contributed by atoms with Crippen molar-refractivity contribution in [2.45, 2.75) is 47.1 Å². The molecule has 0 saturated heterocycles. The highest BCUT2D eigenvalue weighted by Gasteiger charge is 2.14. The van der Waals surface area contributed by atoms with Gasteiger partial charge in [-0.1, -0.05) is 44.2 Å². The van der Waals surface area contributed by atoms with Gasteiger partial charge in [-0.3, -0.25) is 4.98 Å². The number of aryl methyl sites for hydroxylation is 4. The minimum Gasteiger partial charge on any atom is -0.497 e. The Morgan fingerprint density at radius 3 is 2.06 bits per heavy atom. The first-order valence-corrected chi connectivity index (χ1v) is 11.3. The first kappa shape index (κ1) is 21.9. The Morgan fingerprint density at radius 2 is 1.44 bits per heavy atom. The van der Waals surface area contributed by atoms with E-state index in [1.807, 2.05) is 18.2 Å². The minimum absolute atomic E-state index is 0.497. The topological polar surface area (TPSA) is 31.4 Å². The molecule has 0 aliphatic carbocycles. The highest BCUT2D eigenvalue weighted by Crippen LogP contribution is 2.31. The zero-order valence-corrected chi connectivity index (χ0v) is 19.7. The second kappa shape index (κ2) is 9.44. The van der Waals surface area contributed by atoms with E-state index in [0.29, 0.717) is 6.61 Å². The fourth-order valence-corrected chi connectivity index (χ4v) is 4.35. The fourth-order valence-electron chi connectivity index (χ4n) is 4.35. The zero-order chi connectivity index (χ0) is 22.7. The van der Waals surface area contributed by atoms with Crippen molar-refractivity contribution in [2.75, 3.05) is 7.11 Å². The molecular formula is C29H31NO2. The maximum Gasteiger partial charge on any atom is 0.120 e. The molecule has 0 saturated carbocycles. The largest absolute Gasteiger partial charge is 0.497 e. The molecule has 0 radical (unpaired) electrons. The van der Waals surface area contributed by atoms with Crippen molar-refractivity contribution in [3.8, 4) is 22.8 Å². The Balaban J connectivity index is 1.62. The maximum absolute atomic E-state index is 6.19. The molecule has 32 heavy (non-hydrogen) atoms. The van der Waals surface area contributed by atoms with Gasteiger partial charge in [0.05, 0.1) is 12.8 Å². The minimum atomic E-state index is 0.497. The van der Waals surface area contributed by atoms with Crippen LogP contribution in [0.5, 0.6) is 11.5 Å². The van der Waals surface area contributed by atoms with Crippen LogP contribution in [0.1, 0.15) is 41.8 Å². The van der Waals surface area contributed by atoms with Crippen molar-refractivity contribution < 1.29 is 9.47 Å². The highest BCUT2D eigenvalue weighted by atomic mass is 16.5. The monoisotopic (exact) mass is 425 g/mol. The SMILES string of the molecule is CCc1cccc(CC)c1-c1cc(C)c(COc2ccc3ccc(OC)cc3c2)c(C)n1. The van der Waals surface area contributed by atoms with Gasteiger partial charge in [-0.25, -0.2) is 0 Å². The summed E-state index contributed by atoms with van der Waals surface area (Å²) in [4.78, 5) is 5.01. The van der Waals surface area contributed by atoms with Crippen LogP contribution in [-0.4, -0.2) is 12.1 Å². The first-order valence-electron chi connectivity index (χ1n) is 11.3. The van der Waals surface area contributed by atoms with Crippen LogP contribution in [0.4, 0.5) is 0 Å². The van der Waals surface area contributed by atoms with Gasteiger partial charge in [0.25, 0.3) is 0 Å². The van der Waals surface area contributed by atoms with Crippen molar-refractivity contribution >= 4 is 10.8 Å². The summed E-state index contributed by atoms with van der Waals surface area (Å²) in [6.07, 6.45) is 2.00. The summed E-state index contributed by atoms with van der Waals surface area (Å²) in [5.41, 5.74) is 8.44. The van der Waals surface area contributed by atoms with E-state index in [2.05, 4.69) is 70.2 Å². The van der Waals surface area contributed by atoms with Crippen molar-refractivity contribution in [3.05, 3.63) is 88.6 Å². The molecule has 3 nitrogen and oxygen atoms in total. The molecule has 0 aliphatic heterocycles. The summed E-state index contributed by atoms with van der Waals surface area (Å²) in [5.74, 6) is 1.69. The molecule has 1 heterocycles. The number of hydrogen-bond acceptors (Lipinski definition) is 3. The Hall–Kier alpha value is -3.33. The Kier molecular flexibility index (Phi) is 6.45. The number of pyridine rings is 1. The van der Waals surface area contributed by atoms with Crippen molar-refractivity contribution in [1.29, 1.82) is 0 Å². The molecule has 0 N–H and O–H groups in total. The third kappa shape index (κ3) is 4.34. The lowest BCUT2D eigenvalue weighted by atomic mass is 9.93. The molecule has 3 heteroatoms. The molecular weight excluding hydrogens is 394 g/mol. The zero-order valence-electron chi connectivity index (χ0n) is 19.7. The van der Waals surface area contributed by atoms with E-state index in [4.69, 9.17) is 14.5 Å². The van der Waals surface area contributed by atoms with Crippen LogP contribution in [0.2, 0.25) is 0 Å². The number of nitrogens with zero attached hydrogens (tertiary/aromatic N) is 1. The van der Waals surface area contributed by atoms with Gasteiger partial charge in [0.1, 0.15) is 18.1 Å². The van der Waals surface area contributed by atoms with E-state index in [9.17, 15) is 0 Å². The second-order valence-corrected chi connectivity index (χ2v) is 8.21. The summed E-state index contributed by atoms with van der Waals surface area (Å²) in [5, 5.41) is 2.27. The summed E-state index contributed by atoms with van der Waals surface area (Å²) in [7, 11) is 1.69. The molecule has 0 amide bonds. The second-order valence-electron chi connectivity index (χ2n) is 8.21. The third-order valence-electron chi connectivity index (χ3n) is 6.21. The molecule has 0 aliphatic rings. The maximum atomic E-state index is 6.19. The average molecular weight is 426 g/mol.